The predicted molar refractivity (Wildman–Crippen MR) is 67.8 cm³/mol. The van der Waals surface area contributed by atoms with Gasteiger partial charge in [0.15, 0.2) is 0 Å². The highest BCUT2D eigenvalue weighted by molar-refractivity contribution is 5.05. The van der Waals surface area contributed by atoms with Gasteiger partial charge in [-0.1, -0.05) is 6.92 Å². The van der Waals surface area contributed by atoms with E-state index in [-0.39, 0.29) is 11.6 Å². The monoisotopic (exact) mass is 237 g/mol. The van der Waals surface area contributed by atoms with E-state index in [1.165, 1.54) is 12.8 Å². The Morgan fingerprint density at radius 3 is 2.76 bits per heavy atom. The van der Waals surface area contributed by atoms with E-state index >= 15 is 0 Å². The number of methoxy groups -OCH3 is 1. The molecule has 3 heteroatoms. The SMILES string of the molecule is COC1(C(N)Cc2ccco2)CCC(C)CC1. The number of ether oxygens (including phenoxy) is 1. The van der Waals surface area contributed by atoms with Gasteiger partial charge in [-0.05, 0) is 43.7 Å². The van der Waals surface area contributed by atoms with Gasteiger partial charge in [0, 0.05) is 19.6 Å². The molecule has 17 heavy (non-hydrogen) atoms. The minimum Gasteiger partial charge on any atom is -0.469 e. The van der Waals surface area contributed by atoms with Crippen molar-refractivity contribution in [3.8, 4) is 0 Å². The summed E-state index contributed by atoms with van der Waals surface area (Å²) in [6.45, 7) is 2.30. The van der Waals surface area contributed by atoms with Gasteiger partial charge in [-0.15, -0.1) is 0 Å². The van der Waals surface area contributed by atoms with E-state index in [1.807, 2.05) is 12.1 Å². The third kappa shape index (κ3) is 2.72. The van der Waals surface area contributed by atoms with E-state index in [2.05, 4.69) is 6.92 Å². The average molecular weight is 237 g/mol. The highest BCUT2D eigenvalue weighted by atomic mass is 16.5. The van der Waals surface area contributed by atoms with Crippen LogP contribution in [0.2, 0.25) is 0 Å². The van der Waals surface area contributed by atoms with Crippen molar-refractivity contribution >= 4 is 0 Å². The molecule has 1 aromatic heterocycles. The fourth-order valence-corrected chi connectivity index (χ4v) is 2.81. The van der Waals surface area contributed by atoms with Gasteiger partial charge >= 0.3 is 0 Å². The first-order valence-electron chi connectivity index (χ1n) is 6.49. The molecule has 0 saturated heterocycles. The van der Waals surface area contributed by atoms with Crippen LogP contribution in [0.1, 0.15) is 38.4 Å². The normalized spacial score (nSPS) is 31.4. The van der Waals surface area contributed by atoms with Gasteiger partial charge in [-0.3, -0.25) is 0 Å². The summed E-state index contributed by atoms with van der Waals surface area (Å²) in [5.74, 6) is 1.75. The third-order valence-corrected chi connectivity index (χ3v) is 4.20. The van der Waals surface area contributed by atoms with Crippen molar-refractivity contribution in [2.75, 3.05) is 7.11 Å². The van der Waals surface area contributed by atoms with Crippen LogP contribution in [0, 0.1) is 5.92 Å². The quantitative estimate of drug-likeness (QED) is 0.876. The second-order valence-electron chi connectivity index (χ2n) is 5.34. The maximum Gasteiger partial charge on any atom is 0.105 e. The molecule has 0 bridgehead atoms. The predicted octanol–water partition coefficient (Wildman–Crippen LogP) is 2.74. The molecular formula is C14H23NO2. The summed E-state index contributed by atoms with van der Waals surface area (Å²) >= 11 is 0. The van der Waals surface area contributed by atoms with Crippen LogP contribution in [0.4, 0.5) is 0 Å². The van der Waals surface area contributed by atoms with Crippen LogP contribution in [0.25, 0.3) is 0 Å². The molecule has 0 radical (unpaired) electrons. The molecule has 1 aliphatic rings. The molecule has 1 aromatic rings. The highest BCUT2D eigenvalue weighted by Gasteiger charge is 2.39. The summed E-state index contributed by atoms with van der Waals surface area (Å²) in [7, 11) is 1.79. The van der Waals surface area contributed by atoms with Crippen LogP contribution < -0.4 is 5.73 Å². The first-order chi connectivity index (χ1) is 8.16. The first-order valence-corrected chi connectivity index (χ1v) is 6.49. The molecule has 0 spiro atoms. The molecular weight excluding hydrogens is 214 g/mol. The van der Waals surface area contributed by atoms with Gasteiger partial charge in [-0.2, -0.15) is 0 Å². The van der Waals surface area contributed by atoms with E-state index in [1.54, 1.807) is 13.4 Å². The molecule has 1 heterocycles. The van der Waals surface area contributed by atoms with Crippen LogP contribution in [0.3, 0.4) is 0 Å². The molecule has 96 valence electrons. The summed E-state index contributed by atoms with van der Waals surface area (Å²) < 4.78 is 11.1. The minimum absolute atomic E-state index is 0.0196. The molecule has 3 nitrogen and oxygen atoms in total. The fraction of sp³-hybridized carbons (Fsp3) is 0.714. The number of nitrogens with two attached hydrogens (primary N) is 1. The molecule has 2 N–H and O–H groups in total. The van der Waals surface area contributed by atoms with Crippen molar-refractivity contribution in [1.82, 2.24) is 0 Å². The van der Waals surface area contributed by atoms with Crippen molar-refractivity contribution in [2.45, 2.75) is 50.7 Å². The lowest BCUT2D eigenvalue weighted by molar-refractivity contribution is -0.0667. The third-order valence-electron chi connectivity index (χ3n) is 4.20. The molecule has 0 aromatic carbocycles. The second kappa shape index (κ2) is 5.23. The topological polar surface area (TPSA) is 48.4 Å². The van der Waals surface area contributed by atoms with Crippen molar-refractivity contribution in [2.24, 2.45) is 11.7 Å². The van der Waals surface area contributed by atoms with Gasteiger partial charge < -0.3 is 14.9 Å². The Labute approximate surface area is 103 Å². The van der Waals surface area contributed by atoms with Crippen LogP contribution in [0.5, 0.6) is 0 Å². The molecule has 1 aliphatic carbocycles. The lowest BCUT2D eigenvalue weighted by Crippen LogP contribution is -2.52. The Morgan fingerprint density at radius 1 is 1.53 bits per heavy atom. The number of hydrogen-bond donors (Lipinski definition) is 1. The minimum atomic E-state index is -0.153. The van der Waals surface area contributed by atoms with E-state index < -0.39 is 0 Å². The van der Waals surface area contributed by atoms with Crippen molar-refractivity contribution in [1.29, 1.82) is 0 Å². The molecule has 1 saturated carbocycles. The lowest BCUT2D eigenvalue weighted by Gasteiger charge is -2.42. The van der Waals surface area contributed by atoms with Gasteiger partial charge in [0.2, 0.25) is 0 Å². The van der Waals surface area contributed by atoms with Gasteiger partial charge in [-0.25, -0.2) is 0 Å². The van der Waals surface area contributed by atoms with E-state index in [4.69, 9.17) is 14.9 Å². The van der Waals surface area contributed by atoms with Crippen LogP contribution in [0.15, 0.2) is 22.8 Å². The molecule has 0 amide bonds. The molecule has 2 rings (SSSR count). The Bertz CT molecular complexity index is 326. The maximum absolute atomic E-state index is 6.35. The average Bonchev–Trinajstić information content (AvgIpc) is 2.83. The zero-order valence-electron chi connectivity index (χ0n) is 10.8. The van der Waals surface area contributed by atoms with Crippen molar-refractivity contribution < 1.29 is 9.15 Å². The van der Waals surface area contributed by atoms with Crippen LogP contribution >= 0.6 is 0 Å². The van der Waals surface area contributed by atoms with Crippen molar-refractivity contribution in [3.63, 3.8) is 0 Å². The molecule has 0 aliphatic heterocycles. The van der Waals surface area contributed by atoms with Gasteiger partial charge in [0.05, 0.1) is 11.9 Å². The number of hydrogen-bond acceptors (Lipinski definition) is 3. The standard InChI is InChI=1S/C14H23NO2/c1-11-5-7-14(16-2,8-6-11)13(15)10-12-4-3-9-17-12/h3-4,9,11,13H,5-8,10,15H2,1-2H3. The highest BCUT2D eigenvalue weighted by Crippen LogP contribution is 2.37. The van der Waals surface area contributed by atoms with E-state index in [9.17, 15) is 0 Å². The number of rotatable bonds is 4. The zero-order chi connectivity index (χ0) is 12.3. The second-order valence-corrected chi connectivity index (χ2v) is 5.34. The Morgan fingerprint density at radius 2 is 2.24 bits per heavy atom. The van der Waals surface area contributed by atoms with Crippen molar-refractivity contribution in [3.05, 3.63) is 24.2 Å². The smallest absolute Gasteiger partial charge is 0.105 e. The Hall–Kier alpha value is -0.800. The van der Waals surface area contributed by atoms with Gasteiger partial charge in [0.1, 0.15) is 5.76 Å². The summed E-state index contributed by atoms with van der Waals surface area (Å²) in [6, 6.07) is 3.91. The Kier molecular flexibility index (Phi) is 3.89. The summed E-state index contributed by atoms with van der Waals surface area (Å²) in [4.78, 5) is 0. The Balaban J connectivity index is 2.02. The van der Waals surface area contributed by atoms with Gasteiger partial charge in [0.25, 0.3) is 0 Å². The lowest BCUT2D eigenvalue weighted by atomic mass is 9.74. The zero-order valence-corrected chi connectivity index (χ0v) is 10.8. The molecule has 1 unspecified atom stereocenters. The van der Waals surface area contributed by atoms with Crippen LogP contribution in [-0.2, 0) is 11.2 Å². The van der Waals surface area contributed by atoms with Crippen LogP contribution in [-0.4, -0.2) is 18.8 Å². The first kappa shape index (κ1) is 12.7. The van der Waals surface area contributed by atoms with E-state index in [0.29, 0.717) is 0 Å². The largest absolute Gasteiger partial charge is 0.469 e. The number of furan rings is 1. The molecule has 1 atom stereocenters. The fourth-order valence-electron chi connectivity index (χ4n) is 2.81. The summed E-state index contributed by atoms with van der Waals surface area (Å²) in [5.41, 5.74) is 6.19. The van der Waals surface area contributed by atoms with E-state index in [0.717, 1.165) is 30.9 Å². The summed E-state index contributed by atoms with van der Waals surface area (Å²) in [5, 5.41) is 0. The summed E-state index contributed by atoms with van der Waals surface area (Å²) in [6.07, 6.45) is 7.00. The molecule has 1 fully saturated rings. The maximum atomic E-state index is 6.35.